The first kappa shape index (κ1) is 26.6. The van der Waals surface area contributed by atoms with Crippen LogP contribution in [0, 0.1) is 0 Å². The standard InChI is InChI=1S/C27H32N4O5S/c1-4-31(5-2)18-10-13-22-24(15-18)36-25-17-23(29-14-8-6-7-9-26(32)28-3)21-16-19(37(33,34)35)11-12-20(21)27(25)30-22/h10-13,15-17H,4-9,14H2,1-3H3,(H,28,32)(H,33,34,35). The number of anilines is 1. The van der Waals surface area contributed by atoms with Crippen LogP contribution in [-0.4, -0.2) is 50.5 Å². The molecule has 37 heavy (non-hydrogen) atoms. The van der Waals surface area contributed by atoms with Gasteiger partial charge in [-0.3, -0.25) is 14.3 Å². The lowest BCUT2D eigenvalue weighted by Crippen LogP contribution is -2.21. The molecule has 2 aromatic rings. The molecule has 0 spiro atoms. The van der Waals surface area contributed by atoms with E-state index in [2.05, 4.69) is 24.1 Å². The van der Waals surface area contributed by atoms with Crippen LogP contribution < -0.4 is 15.6 Å². The highest BCUT2D eigenvalue weighted by molar-refractivity contribution is 7.85. The normalized spacial score (nSPS) is 12.5. The second-order valence-electron chi connectivity index (χ2n) is 8.83. The van der Waals surface area contributed by atoms with E-state index in [4.69, 9.17) is 14.4 Å². The summed E-state index contributed by atoms with van der Waals surface area (Å²) in [5, 5.41) is 4.42. The Morgan fingerprint density at radius 1 is 1.05 bits per heavy atom. The van der Waals surface area contributed by atoms with E-state index in [1.165, 1.54) is 12.1 Å². The predicted octanol–water partition coefficient (Wildman–Crippen LogP) is 4.39. The number of rotatable bonds is 10. The van der Waals surface area contributed by atoms with Crippen molar-refractivity contribution < 1.29 is 22.2 Å². The van der Waals surface area contributed by atoms with Gasteiger partial charge >= 0.3 is 0 Å². The average Bonchev–Trinajstić information content (AvgIpc) is 2.89. The minimum atomic E-state index is -4.39. The van der Waals surface area contributed by atoms with Crippen molar-refractivity contribution in [2.24, 2.45) is 4.99 Å². The van der Waals surface area contributed by atoms with Gasteiger partial charge in [0, 0.05) is 61.7 Å². The summed E-state index contributed by atoms with van der Waals surface area (Å²) in [6, 6.07) is 12.1. The summed E-state index contributed by atoms with van der Waals surface area (Å²) < 4.78 is 39.6. The summed E-state index contributed by atoms with van der Waals surface area (Å²) in [4.78, 5) is 23.0. The Bertz CT molecular complexity index is 1580. The number of benzene rings is 3. The maximum atomic E-state index is 11.8. The van der Waals surface area contributed by atoms with Crippen LogP contribution in [0.2, 0.25) is 0 Å². The smallest absolute Gasteiger partial charge is 0.294 e. The van der Waals surface area contributed by atoms with Crippen molar-refractivity contribution in [3.05, 3.63) is 47.8 Å². The number of aromatic nitrogens is 1. The van der Waals surface area contributed by atoms with E-state index < -0.39 is 10.1 Å². The van der Waals surface area contributed by atoms with E-state index in [1.807, 2.05) is 18.2 Å². The number of unbranched alkanes of at least 4 members (excludes halogenated alkanes) is 2. The number of carbonyl (C=O) groups is 1. The molecule has 2 aliphatic rings. The van der Waals surface area contributed by atoms with Gasteiger partial charge in [-0.1, -0.05) is 12.5 Å². The third-order valence-electron chi connectivity index (χ3n) is 6.47. The van der Waals surface area contributed by atoms with Crippen molar-refractivity contribution in [3.63, 3.8) is 0 Å². The van der Waals surface area contributed by atoms with Gasteiger partial charge in [0.15, 0.2) is 11.3 Å². The van der Waals surface area contributed by atoms with E-state index in [9.17, 15) is 17.8 Å². The van der Waals surface area contributed by atoms with E-state index in [0.29, 0.717) is 51.6 Å². The molecular formula is C27H32N4O5S. The summed E-state index contributed by atoms with van der Waals surface area (Å²) in [6.45, 7) is 6.44. The predicted molar refractivity (Wildman–Crippen MR) is 144 cm³/mol. The van der Waals surface area contributed by atoms with Crippen molar-refractivity contribution >= 4 is 43.6 Å². The van der Waals surface area contributed by atoms with Gasteiger partial charge in [0.1, 0.15) is 11.2 Å². The zero-order valence-electron chi connectivity index (χ0n) is 21.3. The number of nitrogens with zero attached hydrogens (tertiary/aromatic N) is 3. The number of carbonyl (C=O) groups excluding carboxylic acids is 1. The Kier molecular flexibility index (Phi) is 8.09. The highest BCUT2D eigenvalue weighted by Crippen LogP contribution is 2.32. The van der Waals surface area contributed by atoms with Crippen molar-refractivity contribution in [3.8, 4) is 11.5 Å². The first-order chi connectivity index (χ1) is 17.7. The van der Waals surface area contributed by atoms with Crippen LogP contribution in [0.25, 0.3) is 33.3 Å². The molecule has 0 saturated carbocycles. The first-order valence-electron chi connectivity index (χ1n) is 12.5. The van der Waals surface area contributed by atoms with E-state index in [1.54, 1.807) is 19.2 Å². The largest absolute Gasteiger partial charge is 0.453 e. The molecular weight excluding hydrogens is 492 g/mol. The lowest BCUT2D eigenvalue weighted by atomic mass is 10.0. The molecule has 9 nitrogen and oxygen atoms in total. The fraction of sp³-hybridized carbons (Fsp3) is 0.370. The number of fused-ring (bicyclic) bond motifs is 4. The second kappa shape index (κ2) is 11.3. The van der Waals surface area contributed by atoms with Gasteiger partial charge in [-0.2, -0.15) is 8.42 Å². The lowest BCUT2D eigenvalue weighted by molar-refractivity contribution is -0.120. The van der Waals surface area contributed by atoms with Gasteiger partial charge in [-0.05, 0) is 51.0 Å². The minimum absolute atomic E-state index is 0.0145. The summed E-state index contributed by atoms with van der Waals surface area (Å²) in [5.41, 5.74) is 2.96. The van der Waals surface area contributed by atoms with Gasteiger partial charge in [0.2, 0.25) is 5.91 Å². The van der Waals surface area contributed by atoms with Crippen LogP contribution >= 0.6 is 0 Å². The molecule has 1 heterocycles. The molecule has 1 amide bonds. The Labute approximate surface area is 216 Å². The fourth-order valence-corrected chi connectivity index (χ4v) is 4.94. The Hall–Kier alpha value is -3.50. The molecule has 0 saturated heterocycles. The zero-order valence-corrected chi connectivity index (χ0v) is 22.1. The molecule has 1 aliphatic carbocycles. The van der Waals surface area contributed by atoms with Crippen molar-refractivity contribution in [2.75, 3.05) is 31.6 Å². The topological polar surface area (TPSA) is 125 Å². The Balaban J connectivity index is 1.81. The molecule has 0 aromatic heterocycles. The van der Waals surface area contributed by atoms with Crippen molar-refractivity contribution in [1.29, 1.82) is 0 Å². The average molecular weight is 525 g/mol. The van der Waals surface area contributed by atoms with Crippen LogP contribution in [-0.2, 0) is 14.9 Å². The Morgan fingerprint density at radius 2 is 1.84 bits per heavy atom. The third-order valence-corrected chi connectivity index (χ3v) is 7.32. The van der Waals surface area contributed by atoms with Gasteiger partial charge < -0.3 is 14.6 Å². The fourth-order valence-electron chi connectivity index (χ4n) is 4.43. The van der Waals surface area contributed by atoms with Crippen molar-refractivity contribution in [2.45, 2.75) is 44.4 Å². The molecule has 0 fully saturated rings. The maximum absolute atomic E-state index is 11.8. The van der Waals surface area contributed by atoms with Gasteiger partial charge in [0.05, 0.1) is 10.3 Å². The van der Waals surface area contributed by atoms with E-state index >= 15 is 0 Å². The van der Waals surface area contributed by atoms with Gasteiger partial charge in [0.25, 0.3) is 10.1 Å². The van der Waals surface area contributed by atoms with Crippen LogP contribution in [0.1, 0.15) is 39.5 Å². The van der Waals surface area contributed by atoms with E-state index in [-0.39, 0.29) is 10.8 Å². The third kappa shape index (κ3) is 5.91. The second-order valence-corrected chi connectivity index (χ2v) is 10.3. The molecule has 196 valence electrons. The SMILES string of the molecule is CCN(CC)c1ccc2nc3c4ccc(S(=O)(=O)O)cc4c(=NCCCCCC(=O)NC)cc-3oc2c1. The van der Waals surface area contributed by atoms with Gasteiger partial charge in [-0.15, -0.1) is 0 Å². The highest BCUT2D eigenvalue weighted by atomic mass is 32.2. The molecule has 0 unspecified atom stereocenters. The number of amides is 1. The van der Waals surface area contributed by atoms with E-state index in [0.717, 1.165) is 38.0 Å². The van der Waals surface area contributed by atoms with Crippen LogP contribution in [0.4, 0.5) is 5.69 Å². The number of hydrogen-bond donors (Lipinski definition) is 2. The summed E-state index contributed by atoms with van der Waals surface area (Å²) in [5.74, 6) is 0.551. The summed E-state index contributed by atoms with van der Waals surface area (Å²) in [6.07, 6.45) is 2.85. The molecule has 2 aromatic carbocycles. The lowest BCUT2D eigenvalue weighted by Gasteiger charge is -2.21. The highest BCUT2D eigenvalue weighted by Gasteiger charge is 2.18. The monoisotopic (exact) mass is 524 g/mol. The molecule has 1 aliphatic heterocycles. The maximum Gasteiger partial charge on any atom is 0.294 e. The number of hydrogen-bond acceptors (Lipinski definition) is 7. The summed E-state index contributed by atoms with van der Waals surface area (Å²) >= 11 is 0. The molecule has 0 bridgehead atoms. The van der Waals surface area contributed by atoms with Crippen molar-refractivity contribution in [1.82, 2.24) is 10.3 Å². The van der Waals surface area contributed by atoms with Crippen LogP contribution in [0.15, 0.2) is 56.8 Å². The molecule has 4 rings (SSSR count). The molecule has 2 N–H and O–H groups in total. The minimum Gasteiger partial charge on any atom is -0.453 e. The van der Waals surface area contributed by atoms with Crippen LogP contribution in [0.5, 0.6) is 0 Å². The molecule has 0 radical (unpaired) electrons. The summed E-state index contributed by atoms with van der Waals surface area (Å²) in [7, 11) is -2.77. The van der Waals surface area contributed by atoms with Gasteiger partial charge in [-0.25, -0.2) is 4.98 Å². The quantitative estimate of drug-likeness (QED) is 0.136. The number of nitrogens with one attached hydrogen (secondary N) is 1. The molecule has 10 heteroatoms. The molecule has 0 atom stereocenters. The first-order valence-corrected chi connectivity index (χ1v) is 13.9. The zero-order chi connectivity index (χ0) is 26.6. The Morgan fingerprint density at radius 3 is 2.54 bits per heavy atom. The van der Waals surface area contributed by atoms with Crippen LogP contribution in [0.3, 0.4) is 0 Å².